The van der Waals surface area contributed by atoms with Gasteiger partial charge in [-0.2, -0.15) is 0 Å². The van der Waals surface area contributed by atoms with Crippen molar-refractivity contribution in [1.29, 1.82) is 0 Å². The molecule has 3 atom stereocenters. The molecule has 0 aliphatic heterocycles. The number of hydrogen-bond acceptors (Lipinski definition) is 3. The van der Waals surface area contributed by atoms with Gasteiger partial charge in [0.1, 0.15) is 5.75 Å². The molecule has 0 saturated carbocycles. The first-order chi connectivity index (χ1) is 12.0. The van der Waals surface area contributed by atoms with Gasteiger partial charge >= 0.3 is 0 Å². The standard InChI is InChI=1S/C21H27NO3/c1-15(17-9-11-19(25-3)12-10-17)13-21(24)22-16(2)14-20(23)18-7-5-4-6-8-18/h4-12,15-16,20,23H,13-14H2,1-3H3,(H,22,24). The lowest BCUT2D eigenvalue weighted by Gasteiger charge is -2.19. The van der Waals surface area contributed by atoms with E-state index in [0.717, 1.165) is 16.9 Å². The van der Waals surface area contributed by atoms with Crippen LogP contribution in [0.3, 0.4) is 0 Å². The van der Waals surface area contributed by atoms with Crippen LogP contribution >= 0.6 is 0 Å². The van der Waals surface area contributed by atoms with Crippen LogP contribution in [-0.4, -0.2) is 24.2 Å². The van der Waals surface area contributed by atoms with E-state index in [-0.39, 0.29) is 17.9 Å². The van der Waals surface area contributed by atoms with Crippen molar-refractivity contribution < 1.29 is 14.6 Å². The first-order valence-electron chi connectivity index (χ1n) is 8.66. The Balaban J connectivity index is 1.82. The summed E-state index contributed by atoms with van der Waals surface area (Å²) in [5.74, 6) is 0.928. The molecule has 0 heterocycles. The third-order valence-electron chi connectivity index (χ3n) is 4.34. The van der Waals surface area contributed by atoms with Crippen molar-refractivity contribution in [1.82, 2.24) is 5.32 Å². The molecule has 2 aromatic carbocycles. The number of benzene rings is 2. The van der Waals surface area contributed by atoms with Gasteiger partial charge in [-0.1, -0.05) is 49.4 Å². The van der Waals surface area contributed by atoms with E-state index >= 15 is 0 Å². The van der Waals surface area contributed by atoms with Crippen LogP contribution < -0.4 is 10.1 Å². The summed E-state index contributed by atoms with van der Waals surface area (Å²) in [7, 11) is 1.64. The normalized spacial score (nSPS) is 14.4. The highest BCUT2D eigenvalue weighted by molar-refractivity contribution is 5.77. The van der Waals surface area contributed by atoms with Crippen LogP contribution in [0.5, 0.6) is 5.75 Å². The van der Waals surface area contributed by atoms with E-state index in [1.165, 1.54) is 0 Å². The summed E-state index contributed by atoms with van der Waals surface area (Å²) in [6.07, 6.45) is 0.334. The average Bonchev–Trinajstić information content (AvgIpc) is 2.62. The fourth-order valence-electron chi connectivity index (χ4n) is 2.87. The maximum absolute atomic E-state index is 12.3. The first kappa shape index (κ1) is 19.0. The molecule has 2 N–H and O–H groups in total. The largest absolute Gasteiger partial charge is 0.497 e. The van der Waals surface area contributed by atoms with Crippen molar-refractivity contribution in [2.24, 2.45) is 0 Å². The van der Waals surface area contributed by atoms with Crippen molar-refractivity contribution in [3.05, 3.63) is 65.7 Å². The number of ether oxygens (including phenoxy) is 1. The molecule has 0 radical (unpaired) electrons. The molecule has 0 saturated heterocycles. The van der Waals surface area contributed by atoms with Gasteiger partial charge in [-0.15, -0.1) is 0 Å². The zero-order valence-corrected chi connectivity index (χ0v) is 15.1. The van der Waals surface area contributed by atoms with Gasteiger partial charge in [0, 0.05) is 12.5 Å². The monoisotopic (exact) mass is 341 g/mol. The van der Waals surface area contributed by atoms with Gasteiger partial charge in [-0.05, 0) is 42.5 Å². The number of hydrogen-bond donors (Lipinski definition) is 2. The van der Waals surface area contributed by atoms with Gasteiger partial charge in [0.05, 0.1) is 13.2 Å². The molecule has 2 rings (SSSR count). The summed E-state index contributed by atoms with van der Waals surface area (Å²) in [4.78, 5) is 12.3. The number of carbonyl (C=O) groups excluding carboxylic acids is 1. The molecule has 0 spiro atoms. The second-order valence-electron chi connectivity index (χ2n) is 6.51. The summed E-state index contributed by atoms with van der Waals surface area (Å²) in [5.41, 5.74) is 1.98. The minimum absolute atomic E-state index is 0.00363. The van der Waals surface area contributed by atoms with Crippen molar-refractivity contribution in [2.45, 2.75) is 44.8 Å². The van der Waals surface area contributed by atoms with Crippen LogP contribution in [0.2, 0.25) is 0 Å². The summed E-state index contributed by atoms with van der Waals surface area (Å²) >= 11 is 0. The minimum Gasteiger partial charge on any atom is -0.497 e. The summed E-state index contributed by atoms with van der Waals surface area (Å²) < 4.78 is 5.15. The average molecular weight is 341 g/mol. The fraction of sp³-hybridized carbons (Fsp3) is 0.381. The number of methoxy groups -OCH3 is 1. The van der Waals surface area contributed by atoms with Crippen LogP contribution in [0.15, 0.2) is 54.6 Å². The van der Waals surface area contributed by atoms with Crippen LogP contribution in [-0.2, 0) is 4.79 Å². The first-order valence-corrected chi connectivity index (χ1v) is 8.66. The molecular weight excluding hydrogens is 314 g/mol. The molecule has 0 bridgehead atoms. The Morgan fingerprint density at radius 2 is 1.68 bits per heavy atom. The van der Waals surface area contributed by atoms with Crippen molar-refractivity contribution in [3.63, 3.8) is 0 Å². The lowest BCUT2D eigenvalue weighted by atomic mass is 9.97. The third-order valence-corrected chi connectivity index (χ3v) is 4.34. The van der Waals surface area contributed by atoms with Gasteiger partial charge in [-0.25, -0.2) is 0 Å². The van der Waals surface area contributed by atoms with E-state index in [4.69, 9.17) is 4.74 Å². The second-order valence-corrected chi connectivity index (χ2v) is 6.51. The molecule has 4 nitrogen and oxygen atoms in total. The quantitative estimate of drug-likeness (QED) is 0.767. The molecule has 2 aromatic rings. The molecule has 134 valence electrons. The highest BCUT2D eigenvalue weighted by Gasteiger charge is 2.16. The molecule has 3 unspecified atom stereocenters. The molecule has 25 heavy (non-hydrogen) atoms. The topological polar surface area (TPSA) is 58.6 Å². The molecule has 0 fully saturated rings. The van der Waals surface area contributed by atoms with E-state index in [9.17, 15) is 9.90 Å². The smallest absolute Gasteiger partial charge is 0.220 e. The number of aliphatic hydroxyl groups is 1. The van der Waals surface area contributed by atoms with Crippen LogP contribution in [0.25, 0.3) is 0 Å². The van der Waals surface area contributed by atoms with Crippen LogP contribution in [0.4, 0.5) is 0 Å². The Morgan fingerprint density at radius 3 is 2.28 bits per heavy atom. The van der Waals surface area contributed by atoms with Gasteiger partial charge in [0.2, 0.25) is 5.91 Å². The zero-order chi connectivity index (χ0) is 18.2. The Hall–Kier alpha value is -2.33. The van der Waals surface area contributed by atoms with E-state index < -0.39 is 6.10 Å². The molecule has 0 aliphatic carbocycles. The van der Waals surface area contributed by atoms with Gasteiger partial charge in [0.15, 0.2) is 0 Å². The van der Waals surface area contributed by atoms with Gasteiger partial charge in [-0.3, -0.25) is 4.79 Å². The third kappa shape index (κ3) is 5.91. The molecule has 4 heteroatoms. The van der Waals surface area contributed by atoms with Crippen molar-refractivity contribution in [3.8, 4) is 5.75 Å². The lowest BCUT2D eigenvalue weighted by molar-refractivity contribution is -0.122. The SMILES string of the molecule is COc1ccc(C(C)CC(=O)NC(C)CC(O)c2ccccc2)cc1. The molecule has 1 amide bonds. The second kappa shape index (κ2) is 9.23. The zero-order valence-electron chi connectivity index (χ0n) is 15.1. The van der Waals surface area contributed by atoms with Crippen LogP contribution in [0.1, 0.15) is 49.8 Å². The van der Waals surface area contributed by atoms with Gasteiger partial charge in [0.25, 0.3) is 0 Å². The maximum Gasteiger partial charge on any atom is 0.220 e. The summed E-state index contributed by atoms with van der Waals surface area (Å²) in [6, 6.07) is 17.2. The Kier molecular flexibility index (Phi) is 7.02. The number of nitrogens with one attached hydrogen (secondary N) is 1. The van der Waals surface area contributed by atoms with E-state index in [2.05, 4.69) is 5.32 Å². The summed E-state index contributed by atoms with van der Waals surface area (Å²) in [5, 5.41) is 13.2. The predicted molar refractivity (Wildman–Crippen MR) is 99.6 cm³/mol. The van der Waals surface area contributed by atoms with E-state index in [1.807, 2.05) is 68.4 Å². The van der Waals surface area contributed by atoms with E-state index in [1.54, 1.807) is 7.11 Å². The Bertz CT molecular complexity index is 655. The number of aliphatic hydroxyl groups excluding tert-OH is 1. The highest BCUT2D eigenvalue weighted by Crippen LogP contribution is 2.22. The summed E-state index contributed by atoms with van der Waals surface area (Å²) in [6.45, 7) is 3.95. The van der Waals surface area contributed by atoms with Crippen LogP contribution in [0, 0.1) is 0 Å². The maximum atomic E-state index is 12.3. The molecule has 0 aliphatic rings. The Labute approximate surface area is 149 Å². The number of carbonyl (C=O) groups is 1. The molecular formula is C21H27NO3. The minimum atomic E-state index is -0.574. The van der Waals surface area contributed by atoms with Crippen molar-refractivity contribution in [2.75, 3.05) is 7.11 Å². The lowest BCUT2D eigenvalue weighted by Crippen LogP contribution is -2.34. The fourth-order valence-corrected chi connectivity index (χ4v) is 2.87. The predicted octanol–water partition coefficient (Wildman–Crippen LogP) is 3.82. The number of rotatable bonds is 8. The van der Waals surface area contributed by atoms with Crippen molar-refractivity contribution >= 4 is 5.91 Å². The highest BCUT2D eigenvalue weighted by atomic mass is 16.5. The number of amides is 1. The van der Waals surface area contributed by atoms with Gasteiger partial charge < -0.3 is 15.2 Å². The molecule has 0 aromatic heterocycles. The Morgan fingerprint density at radius 1 is 1.04 bits per heavy atom. The van der Waals surface area contributed by atoms with E-state index in [0.29, 0.717) is 12.8 Å².